The molecule has 3 rings (SSSR count). The second kappa shape index (κ2) is 9.35. The van der Waals surface area contributed by atoms with Gasteiger partial charge in [-0.25, -0.2) is 0 Å². The van der Waals surface area contributed by atoms with Crippen LogP contribution in [0.2, 0.25) is 0 Å². The number of rotatable bonds is 8. The third kappa shape index (κ3) is 5.05. The van der Waals surface area contributed by atoms with Crippen molar-refractivity contribution in [3.8, 4) is 0 Å². The van der Waals surface area contributed by atoms with E-state index in [1.165, 1.54) is 37.9 Å². The van der Waals surface area contributed by atoms with E-state index in [9.17, 15) is 4.79 Å². The number of carbonyl (C=O) groups is 1. The molecule has 4 heteroatoms. The minimum absolute atomic E-state index is 0.279. The quantitative estimate of drug-likeness (QED) is 0.736. The number of aliphatic hydroxyl groups excluding tert-OH is 1. The van der Waals surface area contributed by atoms with Gasteiger partial charge in [-0.3, -0.25) is 4.79 Å². The standard InChI is InChI=1S/C21H32N2O2/c24-17-4-3-6-18-11-15-22(16-12-18)13-5-14-23-20-8-2-1-7-19(20)9-10-21(23)25/h1-2,7-8,18,24H,3-6,9-17H2. The summed E-state index contributed by atoms with van der Waals surface area (Å²) in [5, 5.41) is 8.89. The molecule has 1 amide bonds. The highest BCUT2D eigenvalue weighted by atomic mass is 16.2. The van der Waals surface area contributed by atoms with Gasteiger partial charge in [0, 0.05) is 25.3 Å². The molecule has 0 bridgehead atoms. The van der Waals surface area contributed by atoms with Crippen molar-refractivity contribution in [1.82, 2.24) is 4.90 Å². The molecule has 0 spiro atoms. The monoisotopic (exact) mass is 344 g/mol. The lowest BCUT2D eigenvalue weighted by atomic mass is 9.91. The van der Waals surface area contributed by atoms with E-state index in [0.29, 0.717) is 13.0 Å². The highest BCUT2D eigenvalue weighted by Crippen LogP contribution is 2.28. The Bertz CT molecular complexity index is 553. The number of likely N-dealkylation sites (tertiary alicyclic amines) is 1. The van der Waals surface area contributed by atoms with Crippen LogP contribution in [0.1, 0.15) is 50.5 Å². The van der Waals surface area contributed by atoms with E-state index in [-0.39, 0.29) is 5.91 Å². The van der Waals surface area contributed by atoms with E-state index < -0.39 is 0 Å². The zero-order valence-corrected chi connectivity index (χ0v) is 15.3. The van der Waals surface area contributed by atoms with Gasteiger partial charge in [-0.1, -0.05) is 31.0 Å². The maximum atomic E-state index is 12.3. The van der Waals surface area contributed by atoms with Gasteiger partial charge >= 0.3 is 0 Å². The highest BCUT2D eigenvalue weighted by Gasteiger charge is 2.24. The molecule has 1 N–H and O–H groups in total. The highest BCUT2D eigenvalue weighted by molar-refractivity contribution is 5.96. The minimum Gasteiger partial charge on any atom is -0.396 e. The Morgan fingerprint density at radius 1 is 1.00 bits per heavy atom. The van der Waals surface area contributed by atoms with Crippen LogP contribution in [0.3, 0.4) is 0 Å². The molecule has 2 heterocycles. The summed E-state index contributed by atoms with van der Waals surface area (Å²) in [5.41, 5.74) is 2.44. The number of piperidine rings is 1. The molecule has 0 radical (unpaired) electrons. The Balaban J connectivity index is 1.40. The van der Waals surface area contributed by atoms with Gasteiger partial charge in [0.15, 0.2) is 0 Å². The van der Waals surface area contributed by atoms with E-state index in [4.69, 9.17) is 5.11 Å². The van der Waals surface area contributed by atoms with E-state index in [1.807, 2.05) is 11.0 Å². The maximum Gasteiger partial charge on any atom is 0.227 e. The molecule has 4 nitrogen and oxygen atoms in total. The summed E-state index contributed by atoms with van der Waals surface area (Å²) in [7, 11) is 0. The maximum absolute atomic E-state index is 12.3. The number of nitrogens with zero attached hydrogens (tertiary/aromatic N) is 2. The van der Waals surface area contributed by atoms with Crippen molar-refractivity contribution in [1.29, 1.82) is 0 Å². The lowest BCUT2D eigenvalue weighted by Crippen LogP contribution is -2.39. The lowest BCUT2D eigenvalue weighted by molar-refractivity contribution is -0.118. The fraction of sp³-hybridized carbons (Fsp3) is 0.667. The number of unbranched alkanes of at least 4 members (excludes halogenated alkanes) is 1. The van der Waals surface area contributed by atoms with Crippen LogP contribution < -0.4 is 4.90 Å². The third-order valence-electron chi connectivity index (χ3n) is 5.78. The SMILES string of the molecule is O=C1CCc2ccccc2N1CCCN1CCC(CCCCO)CC1. The normalized spacial score (nSPS) is 19.2. The van der Waals surface area contributed by atoms with Gasteiger partial charge in [0.2, 0.25) is 5.91 Å². The smallest absolute Gasteiger partial charge is 0.227 e. The number of benzene rings is 1. The first-order valence-electron chi connectivity index (χ1n) is 9.99. The van der Waals surface area contributed by atoms with Crippen LogP contribution in [-0.2, 0) is 11.2 Å². The molecule has 0 aliphatic carbocycles. The van der Waals surface area contributed by atoms with Gasteiger partial charge in [-0.15, -0.1) is 0 Å². The van der Waals surface area contributed by atoms with Crippen LogP contribution in [-0.4, -0.2) is 48.7 Å². The Morgan fingerprint density at radius 3 is 2.60 bits per heavy atom. The van der Waals surface area contributed by atoms with Gasteiger partial charge in [-0.2, -0.15) is 0 Å². The number of amides is 1. The molecule has 0 unspecified atom stereocenters. The Labute approximate surface area is 151 Å². The van der Waals surface area contributed by atoms with Crippen molar-refractivity contribution in [2.24, 2.45) is 5.92 Å². The molecule has 0 atom stereocenters. The topological polar surface area (TPSA) is 43.8 Å². The minimum atomic E-state index is 0.279. The van der Waals surface area contributed by atoms with Crippen LogP contribution in [0.15, 0.2) is 24.3 Å². The Morgan fingerprint density at radius 2 is 1.80 bits per heavy atom. The van der Waals surface area contributed by atoms with Crippen molar-refractivity contribution in [2.45, 2.75) is 51.4 Å². The summed E-state index contributed by atoms with van der Waals surface area (Å²) in [6.45, 7) is 4.64. The van der Waals surface area contributed by atoms with Crippen molar-refractivity contribution < 1.29 is 9.90 Å². The number of fused-ring (bicyclic) bond motifs is 1. The molecule has 1 aromatic rings. The van der Waals surface area contributed by atoms with Crippen molar-refractivity contribution in [2.75, 3.05) is 37.7 Å². The molecule has 2 aliphatic rings. The van der Waals surface area contributed by atoms with Crippen LogP contribution >= 0.6 is 0 Å². The number of aryl methyl sites for hydroxylation is 1. The molecule has 138 valence electrons. The largest absolute Gasteiger partial charge is 0.396 e. The average molecular weight is 344 g/mol. The molecule has 0 aromatic heterocycles. The van der Waals surface area contributed by atoms with Gasteiger partial charge in [0.25, 0.3) is 0 Å². The summed E-state index contributed by atoms with van der Waals surface area (Å²) in [5.74, 6) is 1.12. The summed E-state index contributed by atoms with van der Waals surface area (Å²) in [6, 6.07) is 8.34. The van der Waals surface area contributed by atoms with Gasteiger partial charge < -0.3 is 14.9 Å². The predicted octanol–water partition coefficient (Wildman–Crippen LogP) is 3.23. The van der Waals surface area contributed by atoms with Gasteiger partial charge in [0.1, 0.15) is 0 Å². The Kier molecular flexibility index (Phi) is 6.88. The molecule has 25 heavy (non-hydrogen) atoms. The van der Waals surface area contributed by atoms with E-state index in [0.717, 1.165) is 50.4 Å². The zero-order chi connectivity index (χ0) is 17.5. The molecule has 2 aliphatic heterocycles. The third-order valence-corrected chi connectivity index (χ3v) is 5.78. The number of para-hydroxylation sites is 1. The number of hydrogen-bond acceptors (Lipinski definition) is 3. The van der Waals surface area contributed by atoms with Crippen molar-refractivity contribution >= 4 is 11.6 Å². The number of aliphatic hydroxyl groups is 1. The van der Waals surface area contributed by atoms with Crippen LogP contribution in [0.4, 0.5) is 5.69 Å². The summed E-state index contributed by atoms with van der Waals surface area (Å²) >= 11 is 0. The lowest BCUT2D eigenvalue weighted by Gasteiger charge is -2.33. The molecule has 1 fully saturated rings. The number of carbonyl (C=O) groups excluding carboxylic acids is 1. The zero-order valence-electron chi connectivity index (χ0n) is 15.3. The molecule has 1 aromatic carbocycles. The fourth-order valence-electron chi connectivity index (χ4n) is 4.24. The number of hydrogen-bond donors (Lipinski definition) is 1. The summed E-state index contributed by atoms with van der Waals surface area (Å²) in [4.78, 5) is 16.9. The van der Waals surface area contributed by atoms with Crippen LogP contribution in [0, 0.1) is 5.92 Å². The van der Waals surface area contributed by atoms with Gasteiger partial charge in [-0.05, 0) is 69.3 Å². The fourth-order valence-corrected chi connectivity index (χ4v) is 4.24. The second-order valence-electron chi connectivity index (χ2n) is 7.53. The summed E-state index contributed by atoms with van der Waals surface area (Å²) in [6.07, 6.45) is 8.55. The average Bonchev–Trinajstić information content (AvgIpc) is 2.65. The van der Waals surface area contributed by atoms with E-state index in [2.05, 4.69) is 23.1 Å². The van der Waals surface area contributed by atoms with E-state index in [1.54, 1.807) is 0 Å². The number of anilines is 1. The summed E-state index contributed by atoms with van der Waals surface area (Å²) < 4.78 is 0. The second-order valence-corrected chi connectivity index (χ2v) is 7.53. The van der Waals surface area contributed by atoms with Crippen molar-refractivity contribution in [3.05, 3.63) is 29.8 Å². The molecule has 0 saturated carbocycles. The molecular formula is C21H32N2O2. The molecular weight excluding hydrogens is 312 g/mol. The van der Waals surface area contributed by atoms with Crippen LogP contribution in [0.5, 0.6) is 0 Å². The first-order chi connectivity index (χ1) is 12.3. The van der Waals surface area contributed by atoms with E-state index >= 15 is 0 Å². The van der Waals surface area contributed by atoms with Gasteiger partial charge in [0.05, 0.1) is 0 Å². The predicted molar refractivity (Wildman–Crippen MR) is 102 cm³/mol. The molecule has 1 saturated heterocycles. The van der Waals surface area contributed by atoms with Crippen molar-refractivity contribution in [3.63, 3.8) is 0 Å². The Hall–Kier alpha value is -1.39. The van der Waals surface area contributed by atoms with Crippen LogP contribution in [0.25, 0.3) is 0 Å². The first kappa shape index (κ1) is 18.4. The first-order valence-corrected chi connectivity index (χ1v) is 9.99.